The van der Waals surface area contributed by atoms with E-state index >= 15 is 0 Å². The Morgan fingerprint density at radius 1 is 0.444 bits per heavy atom. The number of para-hydroxylation sites is 1. The summed E-state index contributed by atoms with van der Waals surface area (Å²) >= 11 is 0. The van der Waals surface area contributed by atoms with Gasteiger partial charge in [-0.2, -0.15) is 0 Å². The number of nitrogens with zero attached hydrogens (tertiary/aromatic N) is 1. The Bertz CT molecular complexity index is 727. The van der Waals surface area contributed by atoms with E-state index in [0.29, 0.717) is 0 Å². The zero-order chi connectivity index (χ0) is 18.9. The van der Waals surface area contributed by atoms with Crippen molar-refractivity contribution in [1.82, 2.24) is 0 Å². The van der Waals surface area contributed by atoms with E-state index in [1.54, 1.807) is 0 Å². The first-order valence-corrected chi connectivity index (χ1v) is 10.2. The van der Waals surface area contributed by atoms with Crippen LogP contribution in [0.5, 0.6) is 0 Å². The van der Waals surface area contributed by atoms with Gasteiger partial charge in [0.25, 0.3) is 0 Å². The topological polar surface area (TPSA) is 3.24 Å². The van der Waals surface area contributed by atoms with Crippen LogP contribution in [0.4, 0.5) is 17.1 Å². The summed E-state index contributed by atoms with van der Waals surface area (Å²) in [4.78, 5) is 2.28. The van der Waals surface area contributed by atoms with Crippen molar-refractivity contribution in [2.24, 2.45) is 0 Å². The predicted molar refractivity (Wildman–Crippen MR) is 118 cm³/mol. The van der Waals surface area contributed by atoms with Crippen molar-refractivity contribution in [3.63, 3.8) is 0 Å². The third-order valence-corrected chi connectivity index (χ3v) is 5.10. The van der Waals surface area contributed by atoms with Crippen molar-refractivity contribution < 1.29 is 0 Å². The monoisotopic (exact) mass is 357 g/mol. The summed E-state index contributed by atoms with van der Waals surface area (Å²) in [6.45, 7) is 4.23. The van der Waals surface area contributed by atoms with Gasteiger partial charge in [-0.1, -0.05) is 92.1 Å². The highest BCUT2D eigenvalue weighted by molar-refractivity contribution is 5.76. The van der Waals surface area contributed by atoms with E-state index in [1.807, 2.05) is 6.07 Å². The molecule has 0 N–H and O–H groups in total. The van der Waals surface area contributed by atoms with E-state index in [2.05, 4.69) is 91.5 Å². The van der Waals surface area contributed by atoms with Gasteiger partial charge >= 0.3 is 0 Å². The predicted octanol–water partition coefficient (Wildman–Crippen LogP) is 8.11. The molecule has 0 bridgehead atoms. The fourth-order valence-corrected chi connectivity index (χ4v) is 3.47. The second kappa shape index (κ2) is 9.97. The first kappa shape index (κ1) is 19.2. The number of benzene rings is 3. The summed E-state index contributed by atoms with van der Waals surface area (Å²) in [6, 6.07) is 27.8. The molecule has 0 aromatic heterocycles. The van der Waals surface area contributed by atoms with Gasteiger partial charge in [0.1, 0.15) is 0 Å². The van der Waals surface area contributed by atoms with Gasteiger partial charge in [0, 0.05) is 17.1 Å². The minimum Gasteiger partial charge on any atom is -0.311 e. The molecule has 0 atom stereocenters. The van der Waals surface area contributed by atoms with Crippen LogP contribution in [0, 0.1) is 13.8 Å². The first-order chi connectivity index (χ1) is 13.2. The molecule has 140 valence electrons. The minimum atomic E-state index is 1.17. The summed E-state index contributed by atoms with van der Waals surface area (Å²) in [7, 11) is 0. The van der Waals surface area contributed by atoms with Gasteiger partial charge in [-0.15, -0.1) is 0 Å². The third-order valence-electron chi connectivity index (χ3n) is 5.10. The van der Waals surface area contributed by atoms with Gasteiger partial charge in [-0.05, 0) is 50.2 Å². The highest BCUT2D eigenvalue weighted by atomic mass is 15.1. The lowest BCUT2D eigenvalue weighted by atomic mass is 10.0. The van der Waals surface area contributed by atoms with Crippen molar-refractivity contribution in [3.05, 3.63) is 90.0 Å². The maximum atomic E-state index is 2.28. The lowest BCUT2D eigenvalue weighted by molar-refractivity contribution is 0.504. The van der Waals surface area contributed by atoms with Gasteiger partial charge in [-0.3, -0.25) is 0 Å². The largest absolute Gasteiger partial charge is 0.311 e. The summed E-state index contributed by atoms with van der Waals surface area (Å²) in [5.41, 5.74) is 6.07. The van der Waals surface area contributed by atoms with Crippen LogP contribution in [0.3, 0.4) is 0 Å². The van der Waals surface area contributed by atoms with Crippen molar-refractivity contribution in [2.75, 3.05) is 4.90 Å². The fourth-order valence-electron chi connectivity index (χ4n) is 3.47. The van der Waals surface area contributed by atoms with E-state index in [9.17, 15) is 0 Å². The van der Waals surface area contributed by atoms with Crippen LogP contribution in [0.2, 0.25) is 0 Å². The Morgan fingerprint density at radius 3 is 1.15 bits per heavy atom. The summed E-state index contributed by atoms with van der Waals surface area (Å²) < 4.78 is 0. The van der Waals surface area contributed by atoms with Crippen molar-refractivity contribution >= 4 is 17.1 Å². The van der Waals surface area contributed by atoms with E-state index < -0.39 is 0 Å². The molecule has 1 nitrogen and oxygen atoms in total. The van der Waals surface area contributed by atoms with Crippen LogP contribution in [0.15, 0.2) is 78.9 Å². The van der Waals surface area contributed by atoms with Crippen LogP contribution >= 0.6 is 0 Å². The molecule has 1 aliphatic rings. The summed E-state index contributed by atoms with van der Waals surface area (Å²) in [6.07, 6.45) is 9.00. The van der Waals surface area contributed by atoms with Gasteiger partial charge < -0.3 is 4.90 Å². The Hall–Kier alpha value is -2.54. The highest BCUT2D eigenvalue weighted by Crippen LogP contribution is 2.34. The molecule has 1 aliphatic carbocycles. The first-order valence-electron chi connectivity index (χ1n) is 10.2. The minimum absolute atomic E-state index is 1.17. The molecule has 0 spiro atoms. The Morgan fingerprint density at radius 2 is 0.778 bits per heavy atom. The van der Waals surface area contributed by atoms with Crippen molar-refractivity contribution in [3.8, 4) is 0 Å². The number of rotatable bonds is 3. The second-order valence-electron chi connectivity index (χ2n) is 7.46. The molecule has 27 heavy (non-hydrogen) atoms. The van der Waals surface area contributed by atoms with Crippen LogP contribution in [-0.2, 0) is 0 Å². The second-order valence-corrected chi connectivity index (χ2v) is 7.46. The molecule has 0 amide bonds. The molecular formula is C26H31N. The number of hydrogen-bond donors (Lipinski definition) is 0. The van der Waals surface area contributed by atoms with E-state index in [4.69, 9.17) is 0 Å². The molecule has 0 heterocycles. The van der Waals surface area contributed by atoms with Crippen molar-refractivity contribution in [2.45, 2.75) is 52.4 Å². The number of anilines is 3. The molecule has 0 radical (unpaired) electrons. The number of aryl methyl sites for hydroxylation is 2. The van der Waals surface area contributed by atoms with Crippen LogP contribution in [0.1, 0.15) is 49.7 Å². The van der Waals surface area contributed by atoms with Crippen molar-refractivity contribution in [1.29, 1.82) is 0 Å². The molecule has 4 rings (SSSR count). The summed E-state index contributed by atoms with van der Waals surface area (Å²) in [5.74, 6) is 0. The molecule has 0 saturated heterocycles. The number of hydrogen-bond acceptors (Lipinski definition) is 1. The quantitative estimate of drug-likeness (QED) is 0.457. The SMILES string of the molecule is C1CCCCC1.Cc1ccc(N(c2ccccc2)c2ccc(C)cc2)cc1. The summed E-state index contributed by atoms with van der Waals surface area (Å²) in [5, 5.41) is 0. The van der Waals surface area contributed by atoms with Gasteiger partial charge in [0.2, 0.25) is 0 Å². The molecule has 0 aliphatic heterocycles. The zero-order valence-electron chi connectivity index (χ0n) is 16.7. The van der Waals surface area contributed by atoms with Gasteiger partial charge in [0.05, 0.1) is 0 Å². The van der Waals surface area contributed by atoms with Crippen LogP contribution in [-0.4, -0.2) is 0 Å². The molecule has 3 aromatic carbocycles. The van der Waals surface area contributed by atoms with Crippen LogP contribution < -0.4 is 4.90 Å². The smallest absolute Gasteiger partial charge is 0.0461 e. The average Bonchev–Trinajstić information content (AvgIpc) is 2.74. The van der Waals surface area contributed by atoms with E-state index in [1.165, 1.54) is 66.7 Å². The molecular weight excluding hydrogens is 326 g/mol. The standard InChI is InChI=1S/C20H19N.C6H12/c1-16-8-12-19(13-9-16)21(18-6-4-3-5-7-18)20-14-10-17(2)11-15-20;1-2-4-6-5-3-1/h3-15H,1-2H3;1-6H2. The van der Waals surface area contributed by atoms with E-state index in [0.717, 1.165) is 0 Å². The molecule has 3 aromatic rings. The Kier molecular flexibility index (Phi) is 7.10. The van der Waals surface area contributed by atoms with E-state index in [-0.39, 0.29) is 0 Å². The third kappa shape index (κ3) is 5.72. The fraction of sp³-hybridized carbons (Fsp3) is 0.308. The van der Waals surface area contributed by atoms with Gasteiger partial charge in [0.15, 0.2) is 0 Å². The molecule has 1 saturated carbocycles. The Labute approximate surface area is 164 Å². The maximum Gasteiger partial charge on any atom is 0.0461 e. The molecule has 1 fully saturated rings. The molecule has 1 heteroatoms. The average molecular weight is 358 g/mol. The van der Waals surface area contributed by atoms with Crippen LogP contribution in [0.25, 0.3) is 0 Å². The Balaban J connectivity index is 0.000000299. The lowest BCUT2D eigenvalue weighted by Gasteiger charge is -2.25. The maximum absolute atomic E-state index is 2.28. The normalized spacial score (nSPS) is 13.4. The zero-order valence-corrected chi connectivity index (χ0v) is 16.7. The lowest BCUT2D eigenvalue weighted by Crippen LogP contribution is -2.09. The molecule has 0 unspecified atom stereocenters. The highest BCUT2D eigenvalue weighted by Gasteiger charge is 2.11. The van der Waals surface area contributed by atoms with Gasteiger partial charge in [-0.25, -0.2) is 0 Å².